The second-order valence-corrected chi connectivity index (χ2v) is 11.2. The van der Waals surface area contributed by atoms with Crippen LogP contribution in [-0.2, 0) is 15.6 Å². The molecule has 3 nitrogen and oxygen atoms in total. The predicted octanol–water partition coefficient (Wildman–Crippen LogP) is 6.66. The molecule has 0 amide bonds. The van der Waals surface area contributed by atoms with E-state index in [-0.39, 0.29) is 13.0 Å². The summed E-state index contributed by atoms with van der Waals surface area (Å²) in [6, 6.07) is 8.47. The van der Waals surface area contributed by atoms with Gasteiger partial charge >= 0.3 is 12.4 Å². The summed E-state index contributed by atoms with van der Waals surface area (Å²) in [6.45, 7) is 9.30. The minimum Gasteiger partial charge on any atom is -0.358 e. The summed E-state index contributed by atoms with van der Waals surface area (Å²) in [6.07, 6.45) is -11.9. The van der Waals surface area contributed by atoms with Crippen molar-refractivity contribution in [2.75, 3.05) is 12.4 Å². The van der Waals surface area contributed by atoms with Crippen molar-refractivity contribution in [1.82, 2.24) is 4.90 Å². The van der Waals surface area contributed by atoms with Gasteiger partial charge in [-0.1, -0.05) is 52.0 Å². The average Bonchev–Trinajstić information content (AvgIpc) is 2.79. The Labute approximate surface area is 199 Å². The largest absolute Gasteiger partial charge is 0.416 e. The van der Waals surface area contributed by atoms with Crippen molar-refractivity contribution in [3.8, 4) is 6.07 Å². The van der Waals surface area contributed by atoms with Crippen LogP contribution in [0.3, 0.4) is 0 Å². The highest BCUT2D eigenvalue weighted by Gasteiger charge is 2.75. The SMILES string of the molecule is CCO[C@@H]1CC2=C(C(F)(F)F)[C@@](C#N)(C(F)(F)F)CSC3(N21)C(C)(C)c1ccccc1C3(C)C. The number of halogens is 6. The van der Waals surface area contributed by atoms with Crippen molar-refractivity contribution in [1.29, 1.82) is 5.26 Å². The summed E-state index contributed by atoms with van der Waals surface area (Å²) < 4.78 is 92.4. The number of nitriles is 1. The summed E-state index contributed by atoms with van der Waals surface area (Å²) in [7, 11) is 0. The lowest BCUT2D eigenvalue weighted by Gasteiger charge is -2.63. The highest BCUT2D eigenvalue weighted by Crippen LogP contribution is 2.71. The van der Waals surface area contributed by atoms with E-state index in [1.807, 2.05) is 52.0 Å². The average molecular weight is 505 g/mol. The molecule has 0 unspecified atom stereocenters. The fourth-order valence-electron chi connectivity index (χ4n) is 6.42. The Hall–Kier alpha value is -1.86. The van der Waals surface area contributed by atoms with Crippen LogP contribution in [0.4, 0.5) is 26.3 Å². The zero-order valence-corrected chi connectivity index (χ0v) is 20.3. The molecule has 3 aliphatic rings. The summed E-state index contributed by atoms with van der Waals surface area (Å²) in [5, 5.41) is 9.73. The first kappa shape index (κ1) is 25.2. The van der Waals surface area contributed by atoms with Crippen LogP contribution in [0.5, 0.6) is 0 Å². The molecule has 0 aromatic heterocycles. The number of thioether (sulfide) groups is 1. The molecule has 10 heteroatoms. The van der Waals surface area contributed by atoms with E-state index < -0.39 is 56.7 Å². The normalized spacial score (nSPS) is 29.2. The van der Waals surface area contributed by atoms with Crippen molar-refractivity contribution < 1.29 is 31.1 Å². The van der Waals surface area contributed by atoms with Gasteiger partial charge in [0.2, 0.25) is 0 Å². The molecule has 2 atom stereocenters. The first-order valence-corrected chi connectivity index (χ1v) is 12.0. The molecule has 2 heterocycles. The van der Waals surface area contributed by atoms with Gasteiger partial charge in [-0.15, -0.1) is 11.8 Å². The Kier molecular flexibility index (Phi) is 5.44. The van der Waals surface area contributed by atoms with Crippen LogP contribution in [0.15, 0.2) is 35.5 Å². The maximum Gasteiger partial charge on any atom is 0.416 e. The highest BCUT2D eigenvalue weighted by molar-refractivity contribution is 8.00. The number of fused-ring (bicyclic) bond motifs is 3. The molecule has 2 aliphatic heterocycles. The number of rotatable bonds is 2. The minimum atomic E-state index is -5.42. The number of hydrogen-bond acceptors (Lipinski definition) is 4. The number of benzene rings is 1. The smallest absolute Gasteiger partial charge is 0.358 e. The number of ether oxygens (including phenoxy) is 1. The third kappa shape index (κ3) is 2.83. The molecule has 34 heavy (non-hydrogen) atoms. The molecule has 1 spiro atoms. The van der Waals surface area contributed by atoms with E-state index >= 15 is 0 Å². The van der Waals surface area contributed by atoms with Gasteiger partial charge in [0.1, 0.15) is 11.1 Å². The Morgan fingerprint density at radius 2 is 1.59 bits per heavy atom. The lowest BCUT2D eigenvalue weighted by atomic mass is 9.70. The quantitative estimate of drug-likeness (QED) is 0.422. The molecule has 0 radical (unpaired) electrons. The van der Waals surface area contributed by atoms with Crippen LogP contribution in [0.2, 0.25) is 0 Å². The Balaban J connectivity index is 2.10. The molecule has 1 aromatic rings. The summed E-state index contributed by atoms with van der Waals surface area (Å²) >= 11 is 0.797. The van der Waals surface area contributed by atoms with Gasteiger partial charge in [0.15, 0.2) is 5.41 Å². The third-order valence-corrected chi connectivity index (χ3v) is 10.00. The van der Waals surface area contributed by atoms with Crippen LogP contribution in [0, 0.1) is 16.7 Å². The first-order valence-electron chi connectivity index (χ1n) is 11.0. The summed E-state index contributed by atoms with van der Waals surface area (Å²) in [4.78, 5) is 0.159. The van der Waals surface area contributed by atoms with E-state index in [0.29, 0.717) is 0 Å². The standard InChI is InChI=1S/C24H26F6N2OS/c1-6-33-17-11-16-18(22(25,26)27)21(12-31,24(28,29)30)13-34-23(32(16)17)19(2,3)14-9-7-8-10-15(14)20(23,4)5/h7-10,17H,6,11,13H2,1-5H3/t17-,21+/m1/s1. The van der Waals surface area contributed by atoms with E-state index in [9.17, 15) is 31.6 Å². The van der Waals surface area contributed by atoms with Crippen molar-refractivity contribution in [2.24, 2.45) is 5.41 Å². The van der Waals surface area contributed by atoms with Crippen molar-refractivity contribution >= 4 is 11.8 Å². The molecule has 1 saturated heterocycles. The minimum absolute atomic E-state index is 0.188. The monoisotopic (exact) mass is 504 g/mol. The van der Waals surface area contributed by atoms with Crippen LogP contribution in [0.1, 0.15) is 52.2 Å². The summed E-state index contributed by atoms with van der Waals surface area (Å²) in [5.41, 5.74) is -6.01. The zero-order chi connectivity index (χ0) is 25.5. The number of allylic oxidation sites excluding steroid dienone is 1. The van der Waals surface area contributed by atoms with Crippen molar-refractivity contribution in [2.45, 2.75) is 75.3 Å². The fourth-order valence-corrected chi connectivity index (χ4v) is 8.53. The molecule has 1 aliphatic carbocycles. The van der Waals surface area contributed by atoms with Gasteiger partial charge in [0, 0.05) is 35.3 Å². The molecular weight excluding hydrogens is 478 g/mol. The first-order chi connectivity index (χ1) is 15.5. The lowest BCUT2D eigenvalue weighted by Crippen LogP contribution is -2.69. The van der Waals surface area contributed by atoms with Gasteiger partial charge in [-0.2, -0.15) is 31.6 Å². The zero-order valence-electron chi connectivity index (χ0n) is 19.5. The maximum absolute atomic E-state index is 14.4. The van der Waals surface area contributed by atoms with Gasteiger partial charge < -0.3 is 9.64 Å². The molecule has 0 N–H and O–H groups in total. The van der Waals surface area contributed by atoms with Crippen LogP contribution >= 0.6 is 11.8 Å². The van der Waals surface area contributed by atoms with E-state index in [0.717, 1.165) is 29.0 Å². The van der Waals surface area contributed by atoms with Gasteiger partial charge in [-0.25, -0.2) is 0 Å². The van der Waals surface area contributed by atoms with Crippen LogP contribution < -0.4 is 0 Å². The maximum atomic E-state index is 14.4. The molecule has 0 saturated carbocycles. The fraction of sp³-hybridized carbons (Fsp3) is 0.625. The number of nitrogens with zero attached hydrogens (tertiary/aromatic N) is 2. The van der Waals surface area contributed by atoms with E-state index in [1.54, 1.807) is 6.92 Å². The second-order valence-electron chi connectivity index (χ2n) is 10.0. The van der Waals surface area contributed by atoms with Crippen LogP contribution in [0.25, 0.3) is 0 Å². The highest BCUT2D eigenvalue weighted by atomic mass is 32.2. The summed E-state index contributed by atoms with van der Waals surface area (Å²) in [5.74, 6) is -1.07. The number of alkyl halides is 6. The Bertz CT molecular complexity index is 1050. The number of hydrogen-bond donors (Lipinski definition) is 0. The van der Waals surface area contributed by atoms with Gasteiger partial charge in [-0.3, -0.25) is 0 Å². The topological polar surface area (TPSA) is 36.3 Å². The predicted molar refractivity (Wildman–Crippen MR) is 117 cm³/mol. The molecule has 1 fully saturated rings. The molecular formula is C24H26F6N2OS. The van der Waals surface area contributed by atoms with Crippen LogP contribution in [-0.4, -0.2) is 40.7 Å². The van der Waals surface area contributed by atoms with Crippen molar-refractivity contribution in [3.05, 3.63) is 46.7 Å². The van der Waals surface area contributed by atoms with Crippen molar-refractivity contribution in [3.63, 3.8) is 0 Å². The van der Waals surface area contributed by atoms with Gasteiger partial charge in [0.25, 0.3) is 0 Å². The molecule has 186 valence electrons. The Morgan fingerprint density at radius 3 is 2.00 bits per heavy atom. The lowest BCUT2D eigenvalue weighted by molar-refractivity contribution is -0.208. The second kappa shape index (κ2) is 7.33. The molecule has 1 aromatic carbocycles. The van der Waals surface area contributed by atoms with E-state index in [1.165, 1.54) is 4.90 Å². The van der Waals surface area contributed by atoms with Gasteiger partial charge in [-0.05, 0) is 18.1 Å². The van der Waals surface area contributed by atoms with E-state index in [4.69, 9.17) is 4.74 Å². The van der Waals surface area contributed by atoms with Gasteiger partial charge in [0.05, 0.1) is 11.6 Å². The van der Waals surface area contributed by atoms with E-state index in [2.05, 4.69) is 0 Å². The molecule has 4 rings (SSSR count). The third-order valence-electron chi connectivity index (χ3n) is 7.78. The Morgan fingerprint density at radius 1 is 1.06 bits per heavy atom. The molecule has 0 bridgehead atoms.